The molecule has 136 valence electrons. The second kappa shape index (κ2) is 6.00. The van der Waals surface area contributed by atoms with Crippen molar-refractivity contribution in [1.29, 1.82) is 0 Å². The lowest BCUT2D eigenvalue weighted by molar-refractivity contribution is -0.138. The van der Waals surface area contributed by atoms with Crippen LogP contribution in [-0.2, 0) is 23.9 Å². The molecule has 0 fully saturated rings. The Morgan fingerprint density at radius 3 is 2.69 bits per heavy atom. The minimum absolute atomic E-state index is 0.0303. The molecule has 0 aliphatic carbocycles. The zero-order valence-electron chi connectivity index (χ0n) is 13.9. The van der Waals surface area contributed by atoms with Crippen LogP contribution < -0.4 is 0 Å². The van der Waals surface area contributed by atoms with Gasteiger partial charge in [0.2, 0.25) is 5.91 Å². The zero-order chi connectivity index (χ0) is 18.5. The second-order valence-corrected chi connectivity index (χ2v) is 6.77. The van der Waals surface area contributed by atoms with Gasteiger partial charge in [-0.15, -0.1) is 0 Å². The number of amides is 1. The lowest BCUT2D eigenvalue weighted by Crippen LogP contribution is -2.42. The largest absolute Gasteiger partial charge is 0.416 e. The predicted molar refractivity (Wildman–Crippen MR) is 87.6 cm³/mol. The number of fused-ring (bicyclic) bond motifs is 2. The molecule has 0 spiro atoms. The van der Waals surface area contributed by atoms with Crippen LogP contribution in [0.2, 0.25) is 0 Å². The first-order valence-electron chi connectivity index (χ1n) is 8.52. The molecule has 1 atom stereocenters. The SMILES string of the molecule is O=C1CCC(C(=O)N2CCc3cc(C(F)(F)F)ccc3C2)n2cccc21. The molecule has 0 saturated heterocycles. The molecular formula is C19H17F3N2O2. The fourth-order valence-electron chi connectivity index (χ4n) is 3.81. The number of halogens is 3. The highest BCUT2D eigenvalue weighted by Gasteiger charge is 2.35. The normalized spacial score (nSPS) is 19.9. The highest BCUT2D eigenvalue weighted by molar-refractivity contribution is 5.97. The Bertz CT molecular complexity index is 885. The number of nitrogens with zero attached hydrogens (tertiary/aromatic N) is 2. The third-order valence-corrected chi connectivity index (χ3v) is 5.19. The Hall–Kier alpha value is -2.57. The first-order valence-corrected chi connectivity index (χ1v) is 8.52. The Morgan fingerprint density at radius 1 is 1.12 bits per heavy atom. The van der Waals surface area contributed by atoms with Gasteiger partial charge in [-0.25, -0.2) is 0 Å². The summed E-state index contributed by atoms with van der Waals surface area (Å²) in [5.41, 5.74) is 1.28. The van der Waals surface area contributed by atoms with Gasteiger partial charge in [0.25, 0.3) is 0 Å². The summed E-state index contributed by atoms with van der Waals surface area (Å²) in [5, 5.41) is 0. The fraction of sp³-hybridized carbons (Fsp3) is 0.368. The van der Waals surface area contributed by atoms with E-state index in [-0.39, 0.29) is 11.7 Å². The predicted octanol–water partition coefficient (Wildman–Crippen LogP) is 3.61. The number of aromatic nitrogens is 1. The van der Waals surface area contributed by atoms with Gasteiger partial charge in [-0.3, -0.25) is 9.59 Å². The topological polar surface area (TPSA) is 42.3 Å². The molecule has 7 heteroatoms. The van der Waals surface area contributed by atoms with Crippen molar-refractivity contribution >= 4 is 11.7 Å². The molecule has 0 N–H and O–H groups in total. The lowest BCUT2D eigenvalue weighted by Gasteiger charge is -2.34. The fourth-order valence-corrected chi connectivity index (χ4v) is 3.81. The highest BCUT2D eigenvalue weighted by Crippen LogP contribution is 2.33. The molecule has 4 nitrogen and oxygen atoms in total. The van der Waals surface area contributed by atoms with Crippen molar-refractivity contribution < 1.29 is 22.8 Å². The van der Waals surface area contributed by atoms with Gasteiger partial charge < -0.3 is 9.47 Å². The maximum Gasteiger partial charge on any atom is 0.416 e. The van der Waals surface area contributed by atoms with Crippen molar-refractivity contribution in [1.82, 2.24) is 9.47 Å². The van der Waals surface area contributed by atoms with Crippen LogP contribution >= 0.6 is 0 Å². The van der Waals surface area contributed by atoms with E-state index in [0.717, 1.165) is 11.6 Å². The van der Waals surface area contributed by atoms with Crippen LogP contribution in [0.4, 0.5) is 13.2 Å². The number of carbonyl (C=O) groups is 2. The van der Waals surface area contributed by atoms with Crippen molar-refractivity contribution in [2.75, 3.05) is 6.54 Å². The number of alkyl halides is 3. The van der Waals surface area contributed by atoms with Gasteiger partial charge in [-0.1, -0.05) is 6.07 Å². The molecule has 2 aliphatic heterocycles. The van der Waals surface area contributed by atoms with Gasteiger partial charge in [0.15, 0.2) is 5.78 Å². The number of benzene rings is 1. The molecule has 3 heterocycles. The number of rotatable bonds is 1. The molecule has 1 amide bonds. The van der Waals surface area contributed by atoms with Crippen LogP contribution in [0.25, 0.3) is 0 Å². The van der Waals surface area contributed by atoms with Crippen molar-refractivity contribution in [3.63, 3.8) is 0 Å². The maximum absolute atomic E-state index is 13.0. The number of ketones is 1. The summed E-state index contributed by atoms with van der Waals surface area (Å²) in [5.74, 6) is -0.0526. The van der Waals surface area contributed by atoms with Crippen molar-refractivity contribution in [2.24, 2.45) is 0 Å². The van der Waals surface area contributed by atoms with Crippen LogP contribution in [-0.4, -0.2) is 27.7 Å². The van der Waals surface area contributed by atoms with Crippen LogP contribution in [0, 0.1) is 0 Å². The summed E-state index contributed by atoms with van der Waals surface area (Å²) < 4.78 is 40.3. The summed E-state index contributed by atoms with van der Waals surface area (Å²) in [6, 6.07) is 6.75. The number of hydrogen-bond donors (Lipinski definition) is 0. The van der Waals surface area contributed by atoms with E-state index in [9.17, 15) is 22.8 Å². The van der Waals surface area contributed by atoms with Crippen LogP contribution in [0.3, 0.4) is 0 Å². The summed E-state index contributed by atoms with van der Waals surface area (Å²) >= 11 is 0. The van der Waals surface area contributed by atoms with E-state index >= 15 is 0 Å². The first kappa shape index (κ1) is 16.9. The second-order valence-electron chi connectivity index (χ2n) is 6.77. The Balaban J connectivity index is 1.55. The molecule has 1 aromatic heterocycles. The molecule has 2 aromatic rings. The quantitative estimate of drug-likeness (QED) is 0.778. The van der Waals surface area contributed by atoms with E-state index in [1.807, 2.05) is 0 Å². The van der Waals surface area contributed by atoms with Crippen LogP contribution in [0.1, 0.15) is 46.1 Å². The van der Waals surface area contributed by atoms with Gasteiger partial charge >= 0.3 is 6.18 Å². The summed E-state index contributed by atoms with van der Waals surface area (Å²) in [4.78, 5) is 26.6. The van der Waals surface area contributed by atoms with Crippen LogP contribution in [0.15, 0.2) is 36.5 Å². The van der Waals surface area contributed by atoms with Gasteiger partial charge in [0, 0.05) is 25.7 Å². The average molecular weight is 362 g/mol. The molecule has 0 radical (unpaired) electrons. The Morgan fingerprint density at radius 2 is 1.92 bits per heavy atom. The molecule has 4 rings (SSSR count). The van der Waals surface area contributed by atoms with E-state index < -0.39 is 17.8 Å². The first-order chi connectivity index (χ1) is 12.3. The van der Waals surface area contributed by atoms with E-state index in [2.05, 4.69) is 0 Å². The number of carbonyl (C=O) groups excluding carboxylic acids is 2. The van der Waals surface area contributed by atoms with E-state index in [1.54, 1.807) is 27.8 Å². The average Bonchev–Trinajstić information content (AvgIpc) is 3.10. The molecule has 1 aromatic carbocycles. The van der Waals surface area contributed by atoms with Gasteiger partial charge in [-0.05, 0) is 48.2 Å². The third-order valence-electron chi connectivity index (χ3n) is 5.19. The van der Waals surface area contributed by atoms with Gasteiger partial charge in [0.1, 0.15) is 6.04 Å². The Kier molecular flexibility index (Phi) is 3.89. The maximum atomic E-state index is 13.0. The third kappa shape index (κ3) is 2.81. The van der Waals surface area contributed by atoms with Crippen molar-refractivity contribution in [2.45, 2.75) is 38.0 Å². The minimum Gasteiger partial charge on any atom is -0.336 e. The molecule has 1 unspecified atom stereocenters. The monoisotopic (exact) mass is 362 g/mol. The smallest absolute Gasteiger partial charge is 0.336 e. The van der Waals surface area contributed by atoms with Crippen molar-refractivity contribution in [3.05, 3.63) is 58.9 Å². The van der Waals surface area contributed by atoms with Gasteiger partial charge in [-0.2, -0.15) is 13.2 Å². The molecule has 0 bridgehead atoms. The molecule has 26 heavy (non-hydrogen) atoms. The molecular weight excluding hydrogens is 345 g/mol. The number of hydrogen-bond acceptors (Lipinski definition) is 2. The van der Waals surface area contributed by atoms with Crippen LogP contribution in [0.5, 0.6) is 0 Å². The summed E-state index contributed by atoms with van der Waals surface area (Å²) in [6.07, 6.45) is -1.44. The Labute approximate surface area is 148 Å². The van der Waals surface area contributed by atoms with E-state index in [0.29, 0.717) is 43.6 Å². The summed E-state index contributed by atoms with van der Waals surface area (Å²) in [6.45, 7) is 0.682. The highest BCUT2D eigenvalue weighted by atomic mass is 19.4. The molecule has 0 saturated carbocycles. The standard InChI is InChI=1S/C19H17F3N2O2/c20-19(21,22)14-4-3-13-11-23(9-7-12(13)10-14)18(26)16-5-6-17(25)15-2-1-8-24(15)16/h1-4,8,10,16H,5-7,9,11H2. The van der Waals surface area contributed by atoms with Gasteiger partial charge in [0.05, 0.1) is 11.3 Å². The lowest BCUT2D eigenvalue weighted by atomic mass is 9.95. The molecule has 2 aliphatic rings. The summed E-state index contributed by atoms with van der Waals surface area (Å²) in [7, 11) is 0. The van der Waals surface area contributed by atoms with E-state index in [1.165, 1.54) is 12.1 Å². The minimum atomic E-state index is -4.36. The van der Waals surface area contributed by atoms with Crippen molar-refractivity contribution in [3.8, 4) is 0 Å². The van der Waals surface area contributed by atoms with E-state index in [4.69, 9.17) is 0 Å². The number of Topliss-reactive ketones (excluding diaryl/α,β-unsaturated/α-hetero) is 1. The zero-order valence-corrected chi connectivity index (χ0v) is 13.9.